The van der Waals surface area contributed by atoms with E-state index in [0.717, 1.165) is 54.5 Å². The summed E-state index contributed by atoms with van der Waals surface area (Å²) in [5.74, 6) is -0.227. The number of benzene rings is 2. The van der Waals surface area contributed by atoms with Crippen molar-refractivity contribution in [3.05, 3.63) is 95.9 Å². The van der Waals surface area contributed by atoms with Gasteiger partial charge in [-0.05, 0) is 67.4 Å². The fourth-order valence-electron chi connectivity index (χ4n) is 5.17. The zero-order chi connectivity index (χ0) is 28.1. The van der Waals surface area contributed by atoms with E-state index in [2.05, 4.69) is 33.1 Å². The standard InChI is InChI=1S/C32H35N5O3/c1-23-13-14-33-29(21-23)36-17-15-35(16-18-36)27-11-9-26(10-12-27)34-32(39)31(38)30-28(25-7-5-4-6-8-25)22-24(2)37(30)19-20-40-3/h4-14,21-22H,15-20H2,1-3H3,(H,34,39). The van der Waals surface area contributed by atoms with Gasteiger partial charge in [0, 0.05) is 68.7 Å². The van der Waals surface area contributed by atoms with Crippen LogP contribution in [0.25, 0.3) is 11.1 Å². The van der Waals surface area contributed by atoms with Crippen LogP contribution in [0.4, 0.5) is 17.2 Å². The molecule has 2 aromatic heterocycles. The van der Waals surface area contributed by atoms with E-state index in [1.54, 1.807) is 7.11 Å². The Labute approximate surface area is 235 Å². The number of hydrogen-bond acceptors (Lipinski definition) is 6. The first-order valence-electron chi connectivity index (χ1n) is 13.6. The number of rotatable bonds is 9. The summed E-state index contributed by atoms with van der Waals surface area (Å²) < 4.78 is 7.12. The van der Waals surface area contributed by atoms with Crippen LogP contribution in [0.5, 0.6) is 0 Å². The number of nitrogens with zero attached hydrogens (tertiary/aromatic N) is 4. The number of aryl methyl sites for hydroxylation is 2. The third-order valence-corrected chi connectivity index (χ3v) is 7.32. The van der Waals surface area contributed by atoms with E-state index >= 15 is 0 Å². The van der Waals surface area contributed by atoms with Crippen molar-refractivity contribution in [1.82, 2.24) is 9.55 Å². The number of ketones is 1. The van der Waals surface area contributed by atoms with Crippen LogP contribution in [0.1, 0.15) is 21.7 Å². The van der Waals surface area contributed by atoms with Crippen molar-refractivity contribution in [2.45, 2.75) is 20.4 Å². The molecule has 2 aromatic carbocycles. The van der Waals surface area contributed by atoms with Gasteiger partial charge in [-0.1, -0.05) is 30.3 Å². The molecule has 8 nitrogen and oxygen atoms in total. The normalized spacial score (nSPS) is 13.4. The molecule has 0 saturated carbocycles. The first kappa shape index (κ1) is 27.1. The Morgan fingerprint density at radius 3 is 2.27 bits per heavy atom. The number of nitrogens with one attached hydrogen (secondary N) is 1. The molecule has 0 spiro atoms. The second-order valence-electron chi connectivity index (χ2n) is 10.1. The highest BCUT2D eigenvalue weighted by molar-refractivity contribution is 6.47. The Hall–Kier alpha value is -4.43. The molecule has 0 bridgehead atoms. The van der Waals surface area contributed by atoms with Crippen LogP contribution in [0.15, 0.2) is 79.0 Å². The zero-order valence-corrected chi connectivity index (χ0v) is 23.3. The van der Waals surface area contributed by atoms with Gasteiger partial charge in [0.2, 0.25) is 0 Å². The molecule has 1 aliphatic rings. The molecule has 1 N–H and O–H groups in total. The summed E-state index contributed by atoms with van der Waals surface area (Å²) >= 11 is 0. The largest absolute Gasteiger partial charge is 0.383 e. The Morgan fingerprint density at radius 2 is 1.60 bits per heavy atom. The van der Waals surface area contributed by atoms with Crippen molar-refractivity contribution in [3.63, 3.8) is 0 Å². The number of anilines is 3. The third kappa shape index (κ3) is 5.92. The summed E-state index contributed by atoms with van der Waals surface area (Å²) in [7, 11) is 1.62. The molecule has 5 rings (SSSR count). The molecule has 0 aliphatic carbocycles. The summed E-state index contributed by atoms with van der Waals surface area (Å²) in [6, 6.07) is 23.4. The van der Waals surface area contributed by atoms with E-state index in [9.17, 15) is 9.59 Å². The van der Waals surface area contributed by atoms with Crippen LogP contribution in [0.3, 0.4) is 0 Å². The Morgan fingerprint density at radius 1 is 0.900 bits per heavy atom. The maximum Gasteiger partial charge on any atom is 0.298 e. The van der Waals surface area contributed by atoms with Gasteiger partial charge < -0.3 is 24.4 Å². The van der Waals surface area contributed by atoms with Crippen LogP contribution in [-0.4, -0.2) is 61.1 Å². The Bertz CT molecular complexity index is 1470. The SMILES string of the molecule is COCCn1c(C)cc(-c2ccccc2)c1C(=O)C(=O)Nc1ccc(N2CCN(c3cc(C)ccn3)CC2)cc1. The highest BCUT2D eigenvalue weighted by Gasteiger charge is 2.26. The van der Waals surface area contributed by atoms with E-state index in [4.69, 9.17) is 4.74 Å². The molecule has 0 unspecified atom stereocenters. The summed E-state index contributed by atoms with van der Waals surface area (Å²) in [6.07, 6.45) is 1.86. The number of ether oxygens (including phenoxy) is 1. The maximum atomic E-state index is 13.5. The third-order valence-electron chi connectivity index (χ3n) is 7.32. The summed E-state index contributed by atoms with van der Waals surface area (Å²) in [4.78, 5) is 35.9. The summed E-state index contributed by atoms with van der Waals surface area (Å²) in [6.45, 7) is 8.45. The maximum absolute atomic E-state index is 13.5. The molecule has 40 heavy (non-hydrogen) atoms. The van der Waals surface area contributed by atoms with Crippen LogP contribution in [0.2, 0.25) is 0 Å². The van der Waals surface area contributed by atoms with Gasteiger partial charge in [-0.2, -0.15) is 0 Å². The quantitative estimate of drug-likeness (QED) is 0.240. The van der Waals surface area contributed by atoms with Gasteiger partial charge in [0.25, 0.3) is 11.7 Å². The van der Waals surface area contributed by atoms with Gasteiger partial charge in [0.1, 0.15) is 11.5 Å². The number of carbonyl (C=O) groups is 2. The first-order valence-corrected chi connectivity index (χ1v) is 13.6. The highest BCUT2D eigenvalue weighted by atomic mass is 16.5. The molecule has 1 saturated heterocycles. The molecular formula is C32H35N5O3. The number of hydrogen-bond donors (Lipinski definition) is 1. The monoisotopic (exact) mass is 537 g/mol. The number of piperazine rings is 1. The van der Waals surface area contributed by atoms with E-state index in [1.807, 2.05) is 84.4 Å². The van der Waals surface area contributed by atoms with Gasteiger partial charge >= 0.3 is 0 Å². The van der Waals surface area contributed by atoms with Crippen molar-refractivity contribution in [2.75, 3.05) is 55.0 Å². The molecular weight excluding hydrogens is 502 g/mol. The Kier molecular flexibility index (Phi) is 8.26. The zero-order valence-electron chi connectivity index (χ0n) is 23.3. The van der Waals surface area contributed by atoms with Crippen LogP contribution < -0.4 is 15.1 Å². The molecule has 3 heterocycles. The number of carbonyl (C=O) groups excluding carboxylic acids is 2. The molecule has 0 atom stereocenters. The predicted molar refractivity (Wildman–Crippen MR) is 159 cm³/mol. The summed E-state index contributed by atoms with van der Waals surface area (Å²) in [5, 5.41) is 2.81. The van der Waals surface area contributed by atoms with Crippen molar-refractivity contribution in [2.24, 2.45) is 0 Å². The highest BCUT2D eigenvalue weighted by Crippen LogP contribution is 2.29. The second-order valence-corrected chi connectivity index (χ2v) is 10.1. The van der Waals surface area contributed by atoms with Gasteiger partial charge in [-0.3, -0.25) is 9.59 Å². The predicted octanol–water partition coefficient (Wildman–Crippen LogP) is 4.96. The average molecular weight is 538 g/mol. The average Bonchev–Trinajstić information content (AvgIpc) is 3.32. The molecule has 8 heteroatoms. The van der Waals surface area contributed by atoms with Crippen molar-refractivity contribution < 1.29 is 14.3 Å². The minimum Gasteiger partial charge on any atom is -0.383 e. The van der Waals surface area contributed by atoms with Gasteiger partial charge in [-0.25, -0.2) is 4.98 Å². The van der Waals surface area contributed by atoms with Crippen LogP contribution in [0, 0.1) is 13.8 Å². The number of methoxy groups -OCH3 is 1. The topological polar surface area (TPSA) is 79.7 Å². The Balaban J connectivity index is 1.27. The van der Waals surface area contributed by atoms with Crippen LogP contribution in [-0.2, 0) is 16.1 Å². The van der Waals surface area contributed by atoms with Gasteiger partial charge in [-0.15, -0.1) is 0 Å². The van der Waals surface area contributed by atoms with Crippen molar-refractivity contribution in [1.29, 1.82) is 0 Å². The van der Waals surface area contributed by atoms with Crippen LogP contribution >= 0.6 is 0 Å². The molecule has 1 aliphatic heterocycles. The molecule has 0 radical (unpaired) electrons. The fourth-order valence-corrected chi connectivity index (χ4v) is 5.17. The lowest BCUT2D eigenvalue weighted by Crippen LogP contribution is -2.46. The molecule has 1 fully saturated rings. The lowest BCUT2D eigenvalue weighted by molar-refractivity contribution is -0.112. The lowest BCUT2D eigenvalue weighted by atomic mass is 10.0. The molecule has 206 valence electrons. The molecule has 1 amide bonds. The lowest BCUT2D eigenvalue weighted by Gasteiger charge is -2.36. The molecule has 4 aromatic rings. The summed E-state index contributed by atoms with van der Waals surface area (Å²) in [5.41, 5.74) is 5.77. The fraction of sp³-hybridized carbons (Fsp3) is 0.281. The van der Waals surface area contributed by atoms with Gasteiger partial charge in [0.05, 0.1) is 6.61 Å². The van der Waals surface area contributed by atoms with Crippen molar-refractivity contribution >= 4 is 28.9 Å². The number of amides is 1. The smallest absolute Gasteiger partial charge is 0.298 e. The minimum atomic E-state index is -0.666. The van der Waals surface area contributed by atoms with E-state index in [1.165, 1.54) is 5.56 Å². The number of Topliss-reactive ketones (excluding diaryl/α,β-unsaturated/α-hetero) is 1. The van der Waals surface area contributed by atoms with E-state index in [0.29, 0.717) is 24.5 Å². The number of aromatic nitrogens is 2. The van der Waals surface area contributed by atoms with Crippen molar-refractivity contribution in [3.8, 4) is 11.1 Å². The first-order chi connectivity index (χ1) is 19.4. The second kappa shape index (κ2) is 12.2. The van der Waals surface area contributed by atoms with E-state index < -0.39 is 11.7 Å². The van der Waals surface area contributed by atoms with E-state index in [-0.39, 0.29) is 0 Å². The minimum absolute atomic E-state index is 0.371. The van der Waals surface area contributed by atoms with Gasteiger partial charge in [0.15, 0.2) is 0 Å². The number of pyridine rings is 1.